The van der Waals surface area contributed by atoms with E-state index in [0.29, 0.717) is 17.5 Å². The van der Waals surface area contributed by atoms with Gasteiger partial charge in [-0.2, -0.15) is 0 Å². The summed E-state index contributed by atoms with van der Waals surface area (Å²) < 4.78 is 12.8. The summed E-state index contributed by atoms with van der Waals surface area (Å²) in [5.74, 6) is 1.77. The van der Waals surface area contributed by atoms with Crippen molar-refractivity contribution in [2.75, 3.05) is 0 Å². The van der Waals surface area contributed by atoms with Gasteiger partial charge in [0, 0.05) is 43.8 Å². The van der Waals surface area contributed by atoms with Crippen molar-refractivity contribution in [3.63, 3.8) is 0 Å². The lowest BCUT2D eigenvalue weighted by Gasteiger charge is -2.12. The van der Waals surface area contributed by atoms with Crippen LogP contribution in [0.4, 0.5) is 0 Å². The molecule has 0 spiro atoms. The lowest BCUT2D eigenvalue weighted by atomic mass is 9.94. The lowest BCUT2D eigenvalue weighted by molar-refractivity contribution is 0.669. The Morgan fingerprint density at radius 1 is 0.354 bits per heavy atom. The Labute approximate surface area is 274 Å². The van der Waals surface area contributed by atoms with Gasteiger partial charge in [-0.25, -0.2) is 15.0 Å². The van der Waals surface area contributed by atoms with Crippen LogP contribution in [0.3, 0.4) is 0 Å². The molecule has 0 amide bonds. The predicted octanol–water partition coefficient (Wildman–Crippen LogP) is 11.5. The second-order valence-electron chi connectivity index (χ2n) is 12.0. The van der Waals surface area contributed by atoms with E-state index in [4.69, 9.17) is 23.8 Å². The molecule has 0 radical (unpaired) electrons. The van der Waals surface area contributed by atoms with Crippen molar-refractivity contribution in [1.29, 1.82) is 0 Å². The molecule has 10 aromatic rings. The molecule has 0 bridgehead atoms. The predicted molar refractivity (Wildman–Crippen MR) is 194 cm³/mol. The molecule has 3 aromatic heterocycles. The first-order valence-corrected chi connectivity index (χ1v) is 15.9. The fourth-order valence-electron chi connectivity index (χ4n) is 6.89. The molecule has 3 heterocycles. The zero-order valence-corrected chi connectivity index (χ0v) is 25.6. The number of hydrogen-bond acceptors (Lipinski definition) is 5. The van der Waals surface area contributed by atoms with Gasteiger partial charge < -0.3 is 8.83 Å². The maximum absolute atomic E-state index is 6.68. The van der Waals surface area contributed by atoms with Gasteiger partial charge >= 0.3 is 0 Å². The molecule has 0 fully saturated rings. The molecule has 0 aliphatic carbocycles. The Hall–Kier alpha value is -6.59. The fourth-order valence-corrected chi connectivity index (χ4v) is 6.89. The summed E-state index contributed by atoms with van der Waals surface area (Å²) in [4.78, 5) is 15.3. The summed E-state index contributed by atoms with van der Waals surface area (Å²) in [7, 11) is 0. The highest BCUT2D eigenvalue weighted by atomic mass is 16.3. The van der Waals surface area contributed by atoms with Gasteiger partial charge in [0.1, 0.15) is 22.3 Å². The minimum atomic E-state index is 0.581. The lowest BCUT2D eigenvalue weighted by Crippen LogP contribution is -2.00. The summed E-state index contributed by atoms with van der Waals surface area (Å²) in [6.07, 6.45) is 0. The average molecular weight is 616 g/mol. The normalized spacial score (nSPS) is 11.8. The number of fused-ring (bicyclic) bond motifs is 7. The standard InChI is InChI=1S/C43H25N3O2/c1-2-12-27(13-3-1)41-44-42(28-21-24-38-35(25-28)31-16-6-8-19-36(31)47-38)46-43(45-41)34-23-22-32(30-18-10-14-26-11-4-5-15-29(26)30)40-39(34)33-17-7-9-20-37(33)48-40/h1-25H. The highest BCUT2D eigenvalue weighted by molar-refractivity contribution is 6.17. The number of furan rings is 2. The van der Waals surface area contributed by atoms with Crippen LogP contribution in [0.25, 0.3) is 99.9 Å². The van der Waals surface area contributed by atoms with Crippen molar-refractivity contribution in [3.8, 4) is 45.3 Å². The van der Waals surface area contributed by atoms with E-state index in [9.17, 15) is 0 Å². The molecule has 0 saturated heterocycles. The highest BCUT2D eigenvalue weighted by Gasteiger charge is 2.21. The first-order valence-electron chi connectivity index (χ1n) is 15.9. The van der Waals surface area contributed by atoms with Gasteiger partial charge in [0.25, 0.3) is 0 Å². The van der Waals surface area contributed by atoms with E-state index < -0.39 is 0 Å². The second-order valence-corrected chi connectivity index (χ2v) is 12.0. The Kier molecular flexibility index (Phi) is 5.81. The Morgan fingerprint density at radius 3 is 1.83 bits per heavy atom. The maximum Gasteiger partial charge on any atom is 0.164 e. The van der Waals surface area contributed by atoms with E-state index in [-0.39, 0.29) is 0 Å². The van der Waals surface area contributed by atoms with Crippen LogP contribution in [-0.2, 0) is 0 Å². The number of hydrogen-bond donors (Lipinski definition) is 0. The average Bonchev–Trinajstić information content (AvgIpc) is 3.73. The molecular weight excluding hydrogens is 590 g/mol. The maximum atomic E-state index is 6.68. The Bertz CT molecular complexity index is 2840. The van der Waals surface area contributed by atoms with Gasteiger partial charge in [-0.1, -0.05) is 109 Å². The van der Waals surface area contributed by atoms with Gasteiger partial charge in [0.05, 0.1) is 0 Å². The first kappa shape index (κ1) is 26.6. The molecule has 0 aliphatic rings. The topological polar surface area (TPSA) is 65.0 Å². The Balaban J connectivity index is 1.25. The highest BCUT2D eigenvalue weighted by Crippen LogP contribution is 2.43. The van der Waals surface area contributed by atoms with Gasteiger partial charge in [0.2, 0.25) is 0 Å². The van der Waals surface area contributed by atoms with Crippen molar-refractivity contribution in [3.05, 3.63) is 152 Å². The van der Waals surface area contributed by atoms with Crippen molar-refractivity contribution >= 4 is 54.6 Å². The van der Waals surface area contributed by atoms with Crippen molar-refractivity contribution in [2.24, 2.45) is 0 Å². The number of para-hydroxylation sites is 2. The molecule has 0 aliphatic heterocycles. The molecule has 0 saturated carbocycles. The molecule has 48 heavy (non-hydrogen) atoms. The smallest absolute Gasteiger partial charge is 0.164 e. The number of benzene rings is 7. The zero-order chi connectivity index (χ0) is 31.6. The summed E-state index contributed by atoms with van der Waals surface area (Å²) in [6, 6.07) is 51.6. The molecule has 7 aromatic carbocycles. The third kappa shape index (κ3) is 4.15. The van der Waals surface area contributed by atoms with Gasteiger partial charge in [0.15, 0.2) is 17.5 Å². The third-order valence-corrected chi connectivity index (χ3v) is 9.15. The van der Waals surface area contributed by atoms with Crippen LogP contribution in [0.2, 0.25) is 0 Å². The van der Waals surface area contributed by atoms with Crippen LogP contribution >= 0.6 is 0 Å². The van der Waals surface area contributed by atoms with Gasteiger partial charge in [-0.15, -0.1) is 0 Å². The van der Waals surface area contributed by atoms with E-state index in [1.807, 2.05) is 78.9 Å². The summed E-state index contributed by atoms with van der Waals surface area (Å²) in [5, 5.41) is 6.42. The first-order chi connectivity index (χ1) is 23.8. The van der Waals surface area contributed by atoms with Crippen LogP contribution in [-0.4, -0.2) is 15.0 Å². The van der Waals surface area contributed by atoms with Crippen molar-refractivity contribution in [1.82, 2.24) is 15.0 Å². The van der Waals surface area contributed by atoms with Gasteiger partial charge in [-0.05, 0) is 58.8 Å². The van der Waals surface area contributed by atoms with E-state index in [1.165, 1.54) is 10.8 Å². The SMILES string of the molecule is c1ccc(-c2nc(-c3ccc4oc5ccccc5c4c3)nc(-c3ccc(-c4cccc5ccccc45)c4oc5ccccc5c34)n2)cc1. The Morgan fingerprint density at radius 2 is 0.979 bits per heavy atom. The number of aromatic nitrogens is 3. The van der Waals surface area contributed by atoms with Crippen LogP contribution in [0.5, 0.6) is 0 Å². The molecule has 224 valence electrons. The van der Waals surface area contributed by atoms with Crippen LogP contribution in [0.15, 0.2) is 160 Å². The fraction of sp³-hybridized carbons (Fsp3) is 0. The molecule has 0 unspecified atom stereocenters. The zero-order valence-electron chi connectivity index (χ0n) is 25.6. The van der Waals surface area contributed by atoms with E-state index >= 15 is 0 Å². The summed E-state index contributed by atoms with van der Waals surface area (Å²) >= 11 is 0. The monoisotopic (exact) mass is 615 g/mol. The minimum absolute atomic E-state index is 0.581. The second kappa shape index (κ2) is 10.5. The van der Waals surface area contributed by atoms with E-state index in [1.54, 1.807) is 0 Å². The quantitative estimate of drug-likeness (QED) is 0.197. The number of rotatable bonds is 4. The third-order valence-electron chi connectivity index (χ3n) is 9.15. The van der Waals surface area contributed by atoms with Crippen LogP contribution < -0.4 is 0 Å². The van der Waals surface area contributed by atoms with Crippen molar-refractivity contribution < 1.29 is 8.83 Å². The van der Waals surface area contributed by atoms with E-state index in [2.05, 4.69) is 72.8 Å². The molecule has 0 atom stereocenters. The van der Waals surface area contributed by atoms with Crippen molar-refractivity contribution in [2.45, 2.75) is 0 Å². The summed E-state index contributed by atoms with van der Waals surface area (Å²) in [5.41, 5.74) is 8.13. The molecule has 5 nitrogen and oxygen atoms in total. The molecular formula is C43H25N3O2. The minimum Gasteiger partial charge on any atom is -0.456 e. The van der Waals surface area contributed by atoms with Gasteiger partial charge in [-0.3, -0.25) is 0 Å². The van der Waals surface area contributed by atoms with Crippen LogP contribution in [0, 0.1) is 0 Å². The largest absolute Gasteiger partial charge is 0.456 e. The summed E-state index contributed by atoms with van der Waals surface area (Å²) in [6.45, 7) is 0. The molecule has 5 heteroatoms. The van der Waals surface area contributed by atoms with Crippen LogP contribution in [0.1, 0.15) is 0 Å². The molecule has 0 N–H and O–H groups in total. The molecule has 10 rings (SSSR count). The number of nitrogens with zero attached hydrogens (tertiary/aromatic N) is 3. The van der Waals surface area contributed by atoms with E-state index in [0.717, 1.165) is 71.7 Å².